The lowest BCUT2D eigenvalue weighted by molar-refractivity contribution is -0.153. The van der Waals surface area contributed by atoms with E-state index < -0.39 is 47.0 Å². The number of carbonyl (C=O) groups is 3. The van der Waals surface area contributed by atoms with Crippen molar-refractivity contribution in [3.63, 3.8) is 0 Å². The van der Waals surface area contributed by atoms with Crippen molar-refractivity contribution in [2.24, 2.45) is 5.73 Å². The molecule has 0 bridgehead atoms. The lowest BCUT2D eigenvalue weighted by atomic mass is 10.0. The van der Waals surface area contributed by atoms with E-state index in [-0.39, 0.29) is 36.2 Å². The van der Waals surface area contributed by atoms with Gasteiger partial charge in [0.1, 0.15) is 17.1 Å². The predicted octanol–water partition coefficient (Wildman–Crippen LogP) is 5.64. The van der Waals surface area contributed by atoms with Crippen LogP contribution >= 0.6 is 24.2 Å². The fourth-order valence-corrected chi connectivity index (χ4v) is 7.22. The van der Waals surface area contributed by atoms with Crippen LogP contribution in [0, 0.1) is 0 Å². The summed E-state index contributed by atoms with van der Waals surface area (Å²) in [6, 6.07) is 37.3. The molecule has 2 N–H and O–H groups in total. The summed E-state index contributed by atoms with van der Waals surface area (Å²) >= 11 is 1.37. The number of nitrogens with two attached hydrogens (primary N) is 1. The van der Waals surface area contributed by atoms with E-state index in [2.05, 4.69) is 0 Å². The van der Waals surface area contributed by atoms with Crippen LogP contribution in [0.4, 0.5) is 0 Å². The molecule has 3 heterocycles. The molecule has 2 aliphatic heterocycles. The first-order chi connectivity index (χ1) is 23.9. The van der Waals surface area contributed by atoms with Crippen molar-refractivity contribution >= 4 is 42.0 Å². The normalized spacial score (nSPS) is 16.8. The van der Waals surface area contributed by atoms with Gasteiger partial charge >= 0.3 is 11.9 Å². The molecule has 0 radical (unpaired) electrons. The average molecular weight is 710 g/mol. The molecular weight excluding hydrogens is 678 g/mol. The summed E-state index contributed by atoms with van der Waals surface area (Å²) in [5.41, 5.74) is 8.87. The number of esters is 2. The highest BCUT2D eigenvalue weighted by Crippen LogP contribution is 2.41. The Balaban J connectivity index is 0.00000432. The van der Waals surface area contributed by atoms with Crippen LogP contribution in [-0.2, 0) is 25.6 Å². The number of fused-ring (bicyclic) bond motifs is 1. The monoisotopic (exact) mass is 709 g/mol. The molecule has 1 fully saturated rings. The second-order valence-electron chi connectivity index (χ2n) is 11.6. The Labute approximate surface area is 297 Å². The minimum absolute atomic E-state index is 0. The van der Waals surface area contributed by atoms with E-state index in [1.807, 2.05) is 121 Å². The molecule has 1 unspecified atom stereocenters. The second-order valence-corrected chi connectivity index (χ2v) is 12.7. The highest BCUT2D eigenvalue weighted by Gasteiger charge is 2.52. The molecule has 12 heteroatoms. The number of ether oxygens (including phenoxy) is 2. The average Bonchev–Trinajstić information content (AvgIpc) is 3.53. The summed E-state index contributed by atoms with van der Waals surface area (Å²) in [4.78, 5) is 55.0. The van der Waals surface area contributed by atoms with Crippen LogP contribution in [0.3, 0.4) is 0 Å². The molecule has 1 amide bonds. The van der Waals surface area contributed by atoms with Crippen LogP contribution in [0.1, 0.15) is 45.0 Å². The summed E-state index contributed by atoms with van der Waals surface area (Å²) < 4.78 is 18.7. The maximum absolute atomic E-state index is 14.1. The number of aromatic nitrogens is 1. The Kier molecular flexibility index (Phi) is 10.4. The molecule has 4 aromatic carbocycles. The first-order valence-electron chi connectivity index (χ1n) is 15.6. The van der Waals surface area contributed by atoms with Crippen molar-refractivity contribution in [1.29, 1.82) is 0 Å². The van der Waals surface area contributed by atoms with E-state index in [9.17, 15) is 19.2 Å². The van der Waals surface area contributed by atoms with Gasteiger partial charge < -0.3 is 19.7 Å². The number of nitrogens with zero attached hydrogens (tertiary/aromatic N) is 2. The molecule has 0 spiro atoms. The first-order valence-corrected chi connectivity index (χ1v) is 16.7. The summed E-state index contributed by atoms with van der Waals surface area (Å²) in [6.07, 6.45) is -1.51. The zero-order valence-electron chi connectivity index (χ0n) is 26.5. The maximum atomic E-state index is 14.1. The van der Waals surface area contributed by atoms with Gasteiger partial charge in [-0.1, -0.05) is 121 Å². The lowest BCUT2D eigenvalue weighted by Crippen LogP contribution is -2.68. The van der Waals surface area contributed by atoms with Crippen LogP contribution in [0.15, 0.2) is 148 Å². The van der Waals surface area contributed by atoms with Crippen LogP contribution in [0.5, 0.6) is 0 Å². The van der Waals surface area contributed by atoms with Crippen molar-refractivity contribution in [1.82, 2.24) is 9.64 Å². The molecule has 1 aromatic heterocycles. The summed E-state index contributed by atoms with van der Waals surface area (Å²) in [5.74, 6) is -2.04. The van der Waals surface area contributed by atoms with E-state index >= 15 is 0 Å². The molecule has 7 rings (SSSR count). The van der Waals surface area contributed by atoms with Gasteiger partial charge in [0.2, 0.25) is 11.7 Å². The van der Waals surface area contributed by atoms with Gasteiger partial charge in [0.05, 0.1) is 12.6 Å². The number of amides is 1. The van der Waals surface area contributed by atoms with Crippen LogP contribution in [0.25, 0.3) is 0 Å². The van der Waals surface area contributed by atoms with Gasteiger partial charge in [-0.3, -0.25) is 14.5 Å². The number of hydrogen-bond acceptors (Lipinski definition) is 9. The number of carbonyl (C=O) groups excluding carboxylic acids is 3. The van der Waals surface area contributed by atoms with Gasteiger partial charge in [0.15, 0.2) is 12.2 Å². The molecule has 0 saturated carbocycles. The largest absolute Gasteiger partial charge is 0.448 e. The van der Waals surface area contributed by atoms with Gasteiger partial charge in [-0.2, -0.15) is 4.74 Å². The van der Waals surface area contributed by atoms with E-state index in [4.69, 9.17) is 19.7 Å². The molecule has 50 heavy (non-hydrogen) atoms. The molecule has 1 saturated heterocycles. The van der Waals surface area contributed by atoms with Crippen molar-refractivity contribution in [2.75, 3.05) is 5.75 Å². The fourth-order valence-electron chi connectivity index (χ4n) is 5.94. The number of hydrogen-bond donors (Lipinski definition) is 1. The van der Waals surface area contributed by atoms with Crippen LogP contribution in [-0.4, -0.2) is 44.7 Å². The number of rotatable bonds is 10. The zero-order valence-corrected chi connectivity index (χ0v) is 28.1. The van der Waals surface area contributed by atoms with Crippen molar-refractivity contribution in [3.8, 4) is 0 Å². The minimum atomic E-state index is -0.835. The quantitative estimate of drug-likeness (QED) is 0.145. The van der Waals surface area contributed by atoms with Crippen molar-refractivity contribution in [2.45, 2.75) is 30.2 Å². The smallest absolute Gasteiger partial charge is 0.378 e. The number of thioether (sulfide) groups is 1. The van der Waals surface area contributed by atoms with Crippen molar-refractivity contribution in [3.05, 3.63) is 177 Å². The summed E-state index contributed by atoms with van der Waals surface area (Å²) in [7, 11) is 0. The maximum Gasteiger partial charge on any atom is 0.378 e. The van der Waals surface area contributed by atoms with Crippen LogP contribution in [0.2, 0.25) is 0 Å². The van der Waals surface area contributed by atoms with E-state index in [0.717, 1.165) is 33.1 Å². The van der Waals surface area contributed by atoms with Gasteiger partial charge in [-0.15, -0.1) is 24.2 Å². The number of benzene rings is 4. The van der Waals surface area contributed by atoms with Crippen LogP contribution < -0.4 is 11.3 Å². The molecule has 2 aliphatic rings. The highest BCUT2D eigenvalue weighted by molar-refractivity contribution is 8.00. The Morgan fingerprint density at radius 2 is 1.18 bits per heavy atom. The minimum Gasteiger partial charge on any atom is -0.448 e. The first kappa shape index (κ1) is 34.5. The Morgan fingerprint density at radius 3 is 1.64 bits per heavy atom. The summed E-state index contributed by atoms with van der Waals surface area (Å²) in [6.45, 7) is -0.211. The third-order valence-corrected chi connectivity index (χ3v) is 9.75. The zero-order chi connectivity index (χ0) is 33.9. The third kappa shape index (κ3) is 6.88. The highest BCUT2D eigenvalue weighted by atomic mass is 35.5. The Hall–Kier alpha value is -5.36. The number of β-lactam (4-membered cyclic amide) rings is 1. The molecule has 254 valence electrons. The Morgan fingerprint density at radius 1 is 0.740 bits per heavy atom. The molecule has 2 atom stereocenters. The van der Waals surface area contributed by atoms with Gasteiger partial charge in [0, 0.05) is 5.75 Å². The SMILES string of the molecule is Cl.NC1C(=O)N2C(C(=O)OC(c3ccccc3)c3ccccc3)=C(Cn3oc(C(=O)OC(c4ccccc4)c4ccccc4)cc3=O)CS[C@H]12. The molecular formula is C38H32ClN3O7S. The van der Waals surface area contributed by atoms with E-state index in [1.54, 1.807) is 0 Å². The third-order valence-electron chi connectivity index (χ3n) is 8.39. The van der Waals surface area contributed by atoms with Gasteiger partial charge in [0.25, 0.3) is 5.56 Å². The topological polar surface area (TPSA) is 134 Å². The predicted molar refractivity (Wildman–Crippen MR) is 189 cm³/mol. The fraction of sp³-hybridized carbons (Fsp3) is 0.158. The molecule has 5 aromatic rings. The number of halogens is 1. The Bertz CT molecular complexity index is 1990. The second kappa shape index (κ2) is 15.0. The van der Waals surface area contributed by atoms with Gasteiger partial charge in [-0.25, -0.2) is 9.59 Å². The summed E-state index contributed by atoms with van der Waals surface area (Å²) in [5, 5.41) is -0.461. The van der Waals surface area contributed by atoms with E-state index in [0.29, 0.717) is 5.57 Å². The standard InChI is InChI=1S/C38H31N3O7S.ClH/c39-31-35(43)41-32(38(45)47-34(26-17-9-3-10-18-26)27-19-11-4-12-20-27)28(23-49-36(31)41)22-40-30(42)21-29(48-40)37(44)46-33(24-13-5-1-6-14-24)25-15-7-2-8-16-25;/h1-21,31,33-34,36H,22-23,39H2;1H/t31?,36-;/m1./s1. The van der Waals surface area contributed by atoms with E-state index in [1.165, 1.54) is 16.7 Å². The van der Waals surface area contributed by atoms with Gasteiger partial charge in [-0.05, 0) is 27.8 Å². The molecule has 0 aliphatic carbocycles. The van der Waals surface area contributed by atoms with Crippen molar-refractivity contribution < 1.29 is 28.4 Å². The lowest BCUT2D eigenvalue weighted by Gasteiger charge is -2.48. The molecule has 10 nitrogen and oxygen atoms in total.